The Morgan fingerprint density at radius 3 is 2.71 bits per heavy atom. The minimum absolute atomic E-state index is 0.0988. The second-order valence-corrected chi connectivity index (χ2v) is 6.76. The number of carbonyl (C=O) groups excluding carboxylic acids is 1. The van der Waals surface area contributed by atoms with E-state index in [-0.39, 0.29) is 5.91 Å². The predicted octanol–water partition coefficient (Wildman–Crippen LogP) is 4.48. The number of hydrogen-bond donors (Lipinski definition) is 1. The van der Waals surface area contributed by atoms with E-state index in [0.29, 0.717) is 24.4 Å². The average molecular weight is 371 g/mol. The molecule has 5 heteroatoms. The maximum atomic E-state index is 12.6. The Kier molecular flexibility index (Phi) is 4.89. The summed E-state index contributed by atoms with van der Waals surface area (Å²) in [6, 6.07) is 17.4. The van der Waals surface area contributed by atoms with Gasteiger partial charge in [0, 0.05) is 35.7 Å². The molecule has 0 atom stereocenters. The highest BCUT2D eigenvalue weighted by molar-refractivity contribution is 5.98. The summed E-state index contributed by atoms with van der Waals surface area (Å²) in [5, 5.41) is 3.94. The molecule has 0 aliphatic carbocycles. The molecular weight excluding hydrogens is 350 g/mol. The summed E-state index contributed by atoms with van der Waals surface area (Å²) < 4.78 is 5.78. The highest BCUT2D eigenvalue weighted by Gasteiger charge is 2.13. The van der Waals surface area contributed by atoms with Crippen LogP contribution in [0, 0.1) is 13.8 Å². The lowest BCUT2D eigenvalue weighted by Gasteiger charge is -2.07. The number of pyridine rings is 1. The number of amides is 1. The Hall–Kier alpha value is -3.47. The standard InChI is InChI=1S/C23H21N3O2/c1-15-13-19(14-18-9-6-11-24-21(15)18)22(27)25-12-10-20-16(2)28-23(26-20)17-7-4-3-5-8-17/h3-9,11,13-14H,10,12H2,1-2H3,(H,25,27). The van der Waals surface area contributed by atoms with Gasteiger partial charge < -0.3 is 9.73 Å². The van der Waals surface area contributed by atoms with Crippen LogP contribution < -0.4 is 5.32 Å². The third-order valence-corrected chi connectivity index (χ3v) is 4.72. The van der Waals surface area contributed by atoms with Crippen LogP contribution in [0.1, 0.15) is 27.4 Å². The van der Waals surface area contributed by atoms with Gasteiger partial charge in [-0.15, -0.1) is 0 Å². The summed E-state index contributed by atoms with van der Waals surface area (Å²) in [5.41, 5.74) is 4.35. The smallest absolute Gasteiger partial charge is 0.251 e. The first-order valence-electron chi connectivity index (χ1n) is 9.27. The van der Waals surface area contributed by atoms with Crippen molar-refractivity contribution in [2.24, 2.45) is 0 Å². The molecule has 1 amide bonds. The molecule has 0 saturated carbocycles. The summed E-state index contributed by atoms with van der Waals surface area (Å²) in [6.45, 7) is 4.36. The van der Waals surface area contributed by atoms with Crippen LogP contribution in [0.4, 0.5) is 0 Å². The largest absolute Gasteiger partial charge is 0.441 e. The number of rotatable bonds is 5. The highest BCUT2D eigenvalue weighted by atomic mass is 16.4. The zero-order chi connectivity index (χ0) is 19.5. The maximum absolute atomic E-state index is 12.6. The van der Waals surface area contributed by atoms with Gasteiger partial charge in [-0.25, -0.2) is 4.98 Å². The molecule has 0 radical (unpaired) electrons. The van der Waals surface area contributed by atoms with E-state index in [1.165, 1.54) is 0 Å². The van der Waals surface area contributed by atoms with Crippen molar-refractivity contribution in [2.75, 3.05) is 6.54 Å². The summed E-state index contributed by atoms with van der Waals surface area (Å²) in [6.07, 6.45) is 2.38. The lowest BCUT2D eigenvalue weighted by atomic mass is 10.1. The molecule has 0 aliphatic heterocycles. The van der Waals surface area contributed by atoms with Crippen molar-refractivity contribution in [1.29, 1.82) is 0 Å². The van der Waals surface area contributed by atoms with Crippen molar-refractivity contribution < 1.29 is 9.21 Å². The second-order valence-electron chi connectivity index (χ2n) is 6.76. The molecule has 2 aromatic heterocycles. The Morgan fingerprint density at radius 1 is 1.07 bits per heavy atom. The third kappa shape index (κ3) is 3.64. The number of nitrogens with zero attached hydrogens (tertiary/aromatic N) is 2. The van der Waals surface area contributed by atoms with Gasteiger partial charge in [0.15, 0.2) is 0 Å². The average Bonchev–Trinajstić information content (AvgIpc) is 3.09. The van der Waals surface area contributed by atoms with Gasteiger partial charge in [-0.05, 0) is 49.7 Å². The van der Waals surface area contributed by atoms with Crippen molar-refractivity contribution in [3.63, 3.8) is 0 Å². The topological polar surface area (TPSA) is 68.0 Å². The van der Waals surface area contributed by atoms with Gasteiger partial charge >= 0.3 is 0 Å². The van der Waals surface area contributed by atoms with Crippen molar-refractivity contribution in [1.82, 2.24) is 15.3 Å². The van der Waals surface area contributed by atoms with Crippen LogP contribution >= 0.6 is 0 Å². The zero-order valence-electron chi connectivity index (χ0n) is 15.9. The Labute approximate surface area is 163 Å². The normalized spacial score (nSPS) is 10.9. The van der Waals surface area contributed by atoms with Gasteiger partial charge in [0.2, 0.25) is 5.89 Å². The first-order valence-corrected chi connectivity index (χ1v) is 9.27. The Morgan fingerprint density at radius 2 is 1.89 bits per heavy atom. The second kappa shape index (κ2) is 7.64. The molecule has 1 N–H and O–H groups in total. The van der Waals surface area contributed by atoms with Gasteiger partial charge in [0.1, 0.15) is 5.76 Å². The van der Waals surface area contributed by atoms with Crippen LogP contribution in [0.25, 0.3) is 22.4 Å². The molecule has 2 aromatic carbocycles. The predicted molar refractivity (Wildman–Crippen MR) is 109 cm³/mol. The molecule has 4 aromatic rings. The monoisotopic (exact) mass is 371 g/mol. The Balaban J connectivity index is 1.43. The molecule has 5 nitrogen and oxygen atoms in total. The number of aryl methyl sites for hydroxylation is 2. The van der Waals surface area contributed by atoms with Crippen molar-refractivity contribution in [3.8, 4) is 11.5 Å². The number of aromatic nitrogens is 2. The maximum Gasteiger partial charge on any atom is 0.251 e. The first kappa shape index (κ1) is 17.9. The number of benzene rings is 2. The quantitative estimate of drug-likeness (QED) is 0.562. The van der Waals surface area contributed by atoms with E-state index in [1.807, 2.05) is 68.4 Å². The van der Waals surface area contributed by atoms with Crippen LogP contribution in [0.2, 0.25) is 0 Å². The van der Waals surface area contributed by atoms with Gasteiger partial charge in [0.25, 0.3) is 5.91 Å². The van der Waals surface area contributed by atoms with E-state index < -0.39 is 0 Å². The number of oxazole rings is 1. The number of hydrogen-bond acceptors (Lipinski definition) is 4. The van der Waals surface area contributed by atoms with Crippen LogP contribution in [-0.2, 0) is 6.42 Å². The van der Waals surface area contributed by atoms with E-state index in [2.05, 4.69) is 15.3 Å². The van der Waals surface area contributed by atoms with E-state index in [1.54, 1.807) is 6.20 Å². The highest BCUT2D eigenvalue weighted by Crippen LogP contribution is 2.22. The molecule has 0 unspecified atom stereocenters. The molecule has 0 bridgehead atoms. The molecule has 28 heavy (non-hydrogen) atoms. The van der Waals surface area contributed by atoms with Crippen molar-refractivity contribution in [2.45, 2.75) is 20.3 Å². The van der Waals surface area contributed by atoms with Gasteiger partial charge in [0.05, 0.1) is 11.2 Å². The van der Waals surface area contributed by atoms with Crippen molar-refractivity contribution >= 4 is 16.8 Å². The fourth-order valence-corrected chi connectivity index (χ4v) is 3.27. The molecule has 0 saturated heterocycles. The minimum atomic E-state index is -0.0988. The summed E-state index contributed by atoms with van der Waals surface area (Å²) >= 11 is 0. The van der Waals surface area contributed by atoms with E-state index in [0.717, 1.165) is 33.5 Å². The third-order valence-electron chi connectivity index (χ3n) is 4.72. The summed E-state index contributed by atoms with van der Waals surface area (Å²) in [7, 11) is 0. The minimum Gasteiger partial charge on any atom is -0.441 e. The fraction of sp³-hybridized carbons (Fsp3) is 0.174. The molecule has 140 valence electrons. The Bertz CT molecular complexity index is 1130. The first-order chi connectivity index (χ1) is 13.6. The summed E-state index contributed by atoms with van der Waals surface area (Å²) in [4.78, 5) is 21.5. The van der Waals surface area contributed by atoms with E-state index in [9.17, 15) is 4.79 Å². The van der Waals surface area contributed by atoms with E-state index in [4.69, 9.17) is 4.42 Å². The van der Waals surface area contributed by atoms with Crippen molar-refractivity contribution in [3.05, 3.63) is 83.4 Å². The molecule has 0 spiro atoms. The van der Waals surface area contributed by atoms with Crippen LogP contribution in [0.3, 0.4) is 0 Å². The molecular formula is C23H21N3O2. The van der Waals surface area contributed by atoms with Gasteiger partial charge in [-0.2, -0.15) is 0 Å². The number of nitrogens with one attached hydrogen (secondary N) is 1. The molecule has 2 heterocycles. The van der Waals surface area contributed by atoms with Gasteiger partial charge in [-0.1, -0.05) is 24.3 Å². The number of carbonyl (C=O) groups is 1. The van der Waals surface area contributed by atoms with E-state index >= 15 is 0 Å². The van der Waals surface area contributed by atoms with Crippen LogP contribution in [-0.4, -0.2) is 22.4 Å². The lowest BCUT2D eigenvalue weighted by Crippen LogP contribution is -2.26. The van der Waals surface area contributed by atoms with Crippen LogP contribution in [0.15, 0.2) is 65.2 Å². The van der Waals surface area contributed by atoms with Crippen LogP contribution in [0.5, 0.6) is 0 Å². The lowest BCUT2D eigenvalue weighted by molar-refractivity contribution is 0.0954. The fourth-order valence-electron chi connectivity index (χ4n) is 3.27. The molecule has 4 rings (SSSR count). The zero-order valence-corrected chi connectivity index (χ0v) is 15.9. The molecule has 0 fully saturated rings. The number of fused-ring (bicyclic) bond motifs is 1. The summed E-state index contributed by atoms with van der Waals surface area (Å²) in [5.74, 6) is 1.29. The molecule has 0 aliphatic rings. The van der Waals surface area contributed by atoms with Gasteiger partial charge in [-0.3, -0.25) is 9.78 Å². The SMILES string of the molecule is Cc1oc(-c2ccccc2)nc1CCNC(=O)c1cc(C)c2ncccc2c1.